The van der Waals surface area contributed by atoms with Crippen molar-refractivity contribution in [2.45, 2.75) is 25.4 Å². The number of nitrogens with zero attached hydrogens (tertiary/aromatic N) is 1. The van der Waals surface area contributed by atoms with Crippen molar-refractivity contribution in [3.63, 3.8) is 0 Å². The molecule has 1 heterocycles. The van der Waals surface area contributed by atoms with Crippen molar-refractivity contribution in [1.82, 2.24) is 4.90 Å². The molecule has 3 unspecified atom stereocenters. The number of carbonyl (C=O) groups excluding carboxylic acids is 1. The Hall–Kier alpha value is -1.14. The molecule has 1 rings (SSSR count). The first kappa shape index (κ1) is 12.9. The Labute approximate surface area is 94.3 Å². The minimum atomic E-state index is -0.969. The monoisotopic (exact) mass is 230 g/mol. The number of hydrogen-bond acceptors (Lipinski definition) is 4. The van der Waals surface area contributed by atoms with Crippen LogP contribution in [-0.4, -0.2) is 54.2 Å². The molecule has 0 saturated carbocycles. The van der Waals surface area contributed by atoms with Gasteiger partial charge < -0.3 is 20.5 Å². The van der Waals surface area contributed by atoms with Crippen molar-refractivity contribution in [2.24, 2.45) is 11.7 Å². The van der Waals surface area contributed by atoms with Crippen LogP contribution in [-0.2, 0) is 14.3 Å². The van der Waals surface area contributed by atoms with Gasteiger partial charge in [0.2, 0.25) is 5.91 Å². The largest absolute Gasteiger partial charge is 0.480 e. The Kier molecular flexibility index (Phi) is 4.26. The number of methoxy groups -OCH3 is 1. The molecule has 1 aliphatic heterocycles. The third-order valence-electron chi connectivity index (χ3n) is 2.90. The Morgan fingerprint density at radius 1 is 1.62 bits per heavy atom. The lowest BCUT2D eigenvalue weighted by molar-refractivity contribution is -0.150. The third kappa shape index (κ3) is 2.51. The SMILES string of the molecule is COCC(N)C(=O)N1CCC(C)C1C(=O)O. The second-order valence-electron chi connectivity index (χ2n) is 4.14. The maximum Gasteiger partial charge on any atom is 0.326 e. The van der Waals surface area contributed by atoms with Crippen LogP contribution in [0.5, 0.6) is 0 Å². The number of carboxylic acid groups (broad SMARTS) is 1. The Balaban J connectivity index is 2.72. The topological polar surface area (TPSA) is 92.9 Å². The molecule has 0 aromatic heterocycles. The molecule has 1 amide bonds. The van der Waals surface area contributed by atoms with Gasteiger partial charge in [-0.3, -0.25) is 4.79 Å². The fourth-order valence-electron chi connectivity index (χ4n) is 2.03. The highest BCUT2D eigenvalue weighted by Gasteiger charge is 2.40. The van der Waals surface area contributed by atoms with Crippen LogP contribution in [0.25, 0.3) is 0 Å². The van der Waals surface area contributed by atoms with E-state index in [2.05, 4.69) is 0 Å². The molecule has 0 aromatic rings. The summed E-state index contributed by atoms with van der Waals surface area (Å²) >= 11 is 0. The van der Waals surface area contributed by atoms with Gasteiger partial charge in [-0.05, 0) is 12.3 Å². The van der Waals surface area contributed by atoms with Gasteiger partial charge in [0.05, 0.1) is 6.61 Å². The number of ether oxygens (including phenoxy) is 1. The number of hydrogen-bond donors (Lipinski definition) is 2. The first-order valence-electron chi connectivity index (χ1n) is 5.26. The van der Waals surface area contributed by atoms with E-state index < -0.39 is 18.1 Å². The summed E-state index contributed by atoms with van der Waals surface area (Å²) in [5.41, 5.74) is 5.61. The van der Waals surface area contributed by atoms with Crippen molar-refractivity contribution < 1.29 is 19.4 Å². The van der Waals surface area contributed by atoms with Crippen LogP contribution >= 0.6 is 0 Å². The molecule has 1 aliphatic rings. The molecule has 1 fully saturated rings. The second kappa shape index (κ2) is 5.27. The van der Waals surface area contributed by atoms with Crippen molar-refractivity contribution in [3.8, 4) is 0 Å². The number of nitrogens with two attached hydrogens (primary N) is 1. The van der Waals surface area contributed by atoms with E-state index in [0.29, 0.717) is 13.0 Å². The molecule has 16 heavy (non-hydrogen) atoms. The average molecular weight is 230 g/mol. The van der Waals surface area contributed by atoms with Gasteiger partial charge in [-0.15, -0.1) is 0 Å². The molecule has 0 aliphatic carbocycles. The predicted molar refractivity (Wildman–Crippen MR) is 56.8 cm³/mol. The van der Waals surface area contributed by atoms with Crippen LogP contribution in [0.3, 0.4) is 0 Å². The normalized spacial score (nSPS) is 26.8. The predicted octanol–water partition coefficient (Wildman–Crippen LogP) is -0.718. The first-order chi connectivity index (χ1) is 7.49. The number of rotatable bonds is 4. The van der Waals surface area contributed by atoms with Gasteiger partial charge in [-0.25, -0.2) is 4.79 Å². The molecular formula is C10H18N2O4. The Bertz CT molecular complexity index is 282. The number of likely N-dealkylation sites (tertiary alicyclic amines) is 1. The van der Waals surface area contributed by atoms with Gasteiger partial charge in [0.15, 0.2) is 0 Å². The van der Waals surface area contributed by atoms with Crippen LogP contribution in [0.15, 0.2) is 0 Å². The maximum atomic E-state index is 11.9. The summed E-state index contributed by atoms with van der Waals surface area (Å²) in [6, 6.07) is -1.53. The van der Waals surface area contributed by atoms with Gasteiger partial charge in [0.1, 0.15) is 12.1 Å². The number of carboxylic acids is 1. The summed E-state index contributed by atoms with van der Waals surface area (Å²) in [6.45, 7) is 2.39. The third-order valence-corrected chi connectivity index (χ3v) is 2.90. The average Bonchev–Trinajstić information content (AvgIpc) is 2.59. The van der Waals surface area contributed by atoms with E-state index in [1.807, 2.05) is 6.92 Å². The van der Waals surface area contributed by atoms with Crippen LogP contribution in [0.4, 0.5) is 0 Å². The molecule has 92 valence electrons. The summed E-state index contributed by atoms with van der Waals surface area (Å²) in [4.78, 5) is 24.2. The summed E-state index contributed by atoms with van der Waals surface area (Å²) in [7, 11) is 1.45. The van der Waals surface area contributed by atoms with E-state index in [4.69, 9.17) is 15.6 Å². The van der Waals surface area contributed by atoms with E-state index in [-0.39, 0.29) is 18.4 Å². The van der Waals surface area contributed by atoms with Crippen molar-refractivity contribution in [1.29, 1.82) is 0 Å². The van der Waals surface area contributed by atoms with Crippen molar-refractivity contribution in [2.75, 3.05) is 20.3 Å². The highest BCUT2D eigenvalue weighted by atomic mass is 16.5. The number of amides is 1. The Morgan fingerprint density at radius 3 is 2.75 bits per heavy atom. The van der Waals surface area contributed by atoms with E-state index in [1.54, 1.807) is 0 Å². The van der Waals surface area contributed by atoms with E-state index in [9.17, 15) is 9.59 Å². The molecule has 0 bridgehead atoms. The first-order valence-corrected chi connectivity index (χ1v) is 5.26. The zero-order valence-corrected chi connectivity index (χ0v) is 9.55. The van der Waals surface area contributed by atoms with Gasteiger partial charge in [-0.2, -0.15) is 0 Å². The van der Waals surface area contributed by atoms with Gasteiger partial charge in [0.25, 0.3) is 0 Å². The maximum absolute atomic E-state index is 11.9. The standard InChI is InChI=1S/C10H18N2O4/c1-6-3-4-12(8(6)10(14)15)9(13)7(11)5-16-2/h6-8H,3-5,11H2,1-2H3,(H,14,15). The molecule has 1 saturated heterocycles. The molecule has 0 spiro atoms. The lowest BCUT2D eigenvalue weighted by Crippen LogP contribution is -2.51. The summed E-state index contributed by atoms with van der Waals surface area (Å²) in [5, 5.41) is 9.05. The molecular weight excluding hydrogens is 212 g/mol. The second-order valence-corrected chi connectivity index (χ2v) is 4.14. The highest BCUT2D eigenvalue weighted by Crippen LogP contribution is 2.24. The molecule has 6 heteroatoms. The fourth-order valence-corrected chi connectivity index (χ4v) is 2.03. The van der Waals surface area contributed by atoms with Crippen LogP contribution in [0.1, 0.15) is 13.3 Å². The molecule has 3 atom stereocenters. The fraction of sp³-hybridized carbons (Fsp3) is 0.800. The Morgan fingerprint density at radius 2 is 2.25 bits per heavy atom. The molecule has 0 radical (unpaired) electrons. The highest BCUT2D eigenvalue weighted by molar-refractivity contribution is 5.87. The molecule has 0 aromatic carbocycles. The van der Waals surface area contributed by atoms with Crippen molar-refractivity contribution in [3.05, 3.63) is 0 Å². The zero-order valence-electron chi connectivity index (χ0n) is 9.55. The van der Waals surface area contributed by atoms with Crippen molar-refractivity contribution >= 4 is 11.9 Å². The van der Waals surface area contributed by atoms with Gasteiger partial charge in [0, 0.05) is 13.7 Å². The number of carbonyl (C=O) groups is 2. The number of aliphatic carboxylic acids is 1. The van der Waals surface area contributed by atoms with Gasteiger partial charge >= 0.3 is 5.97 Å². The lowest BCUT2D eigenvalue weighted by Gasteiger charge is -2.25. The van der Waals surface area contributed by atoms with Gasteiger partial charge in [-0.1, -0.05) is 6.92 Å². The molecule has 6 nitrogen and oxygen atoms in total. The summed E-state index contributed by atoms with van der Waals surface area (Å²) < 4.78 is 4.79. The van der Waals surface area contributed by atoms with E-state index >= 15 is 0 Å². The lowest BCUT2D eigenvalue weighted by atomic mass is 10.0. The van der Waals surface area contributed by atoms with E-state index in [0.717, 1.165) is 0 Å². The smallest absolute Gasteiger partial charge is 0.326 e. The van der Waals surface area contributed by atoms with Crippen LogP contribution in [0.2, 0.25) is 0 Å². The quantitative estimate of drug-likeness (QED) is 0.665. The molecule has 3 N–H and O–H groups in total. The minimum Gasteiger partial charge on any atom is -0.480 e. The summed E-state index contributed by atoms with van der Waals surface area (Å²) in [5.74, 6) is -1.35. The minimum absolute atomic E-state index is 0.0313. The van der Waals surface area contributed by atoms with Crippen LogP contribution < -0.4 is 5.73 Å². The van der Waals surface area contributed by atoms with Crippen LogP contribution in [0, 0.1) is 5.92 Å². The van der Waals surface area contributed by atoms with E-state index in [1.165, 1.54) is 12.0 Å². The zero-order chi connectivity index (χ0) is 12.3. The summed E-state index contributed by atoms with van der Waals surface area (Å²) in [6.07, 6.45) is 0.697.